The van der Waals surface area contributed by atoms with Crippen molar-refractivity contribution in [3.8, 4) is 0 Å². The molecule has 13 rings (SSSR count). The number of hydrogen-bond acceptors (Lipinski definition) is 6. The molecule has 2 N–H and O–H groups in total. The van der Waals surface area contributed by atoms with E-state index in [-0.39, 0.29) is 0 Å². The molecule has 0 aromatic rings. The van der Waals surface area contributed by atoms with E-state index in [1.54, 1.807) is 116 Å². The Labute approximate surface area is 461 Å². The number of likely N-dealkylation sites (tertiary alicyclic amines) is 1. The van der Waals surface area contributed by atoms with Crippen LogP contribution in [0.1, 0.15) is 302 Å². The minimum absolute atomic E-state index is 0.578. The number of rotatable bonds is 12. The van der Waals surface area contributed by atoms with Crippen LogP contribution in [0, 0.1) is 59.2 Å². The zero-order valence-corrected chi connectivity index (χ0v) is 48.9. The van der Waals surface area contributed by atoms with Crippen LogP contribution in [0.5, 0.6) is 0 Å². The van der Waals surface area contributed by atoms with Gasteiger partial charge < -0.3 is 0 Å². The van der Waals surface area contributed by atoms with Crippen molar-refractivity contribution in [3.63, 3.8) is 0 Å². The first-order valence-electron chi connectivity index (χ1n) is 35.2. The van der Waals surface area contributed by atoms with Crippen LogP contribution < -0.4 is 10.0 Å². The van der Waals surface area contributed by atoms with Crippen molar-refractivity contribution in [1.82, 2.24) is 24.7 Å². The third-order valence-corrected chi connectivity index (χ3v) is 27.8. The van der Waals surface area contributed by atoms with Crippen LogP contribution in [-0.4, -0.2) is 80.6 Å². The zero-order chi connectivity index (χ0) is 49.2. The lowest BCUT2D eigenvalue weighted by molar-refractivity contribution is 0.00198. The van der Waals surface area contributed by atoms with Gasteiger partial charge in [0, 0.05) is 54.4 Å². The van der Waals surface area contributed by atoms with Gasteiger partial charge in [-0.25, -0.2) is 4.72 Å². The lowest BCUT2D eigenvalue weighted by atomic mass is 9.62. The largest absolute Gasteiger partial charge is 0.294 e. The number of nitrogens with zero attached hydrogens (tertiary/aromatic N) is 3. The highest BCUT2D eigenvalue weighted by molar-refractivity contribution is 7.98. The summed E-state index contributed by atoms with van der Waals surface area (Å²) in [5.74, 6) is 9.98. The molecule has 6 heteroatoms. The third kappa shape index (κ3) is 11.9. The Bertz CT molecular complexity index is 1540. The van der Waals surface area contributed by atoms with Gasteiger partial charge in [-0.1, -0.05) is 108 Å². The molecular formula is C68H117N5S. The summed E-state index contributed by atoms with van der Waals surface area (Å²) in [7, 11) is 0. The normalized spacial score (nSPS) is 44.7. The summed E-state index contributed by atoms with van der Waals surface area (Å²) in [5.41, 5.74) is 0. The van der Waals surface area contributed by atoms with Crippen molar-refractivity contribution in [2.24, 2.45) is 59.2 Å². The van der Waals surface area contributed by atoms with Gasteiger partial charge in [0.05, 0.1) is 11.5 Å². The molecule has 0 bridgehead atoms. The maximum absolute atomic E-state index is 4.15. The molecule has 0 radical (unpaired) electrons. The molecule has 420 valence electrons. The van der Waals surface area contributed by atoms with E-state index in [1.165, 1.54) is 186 Å². The second-order valence-electron chi connectivity index (χ2n) is 30.2. The summed E-state index contributed by atoms with van der Waals surface area (Å²) in [6, 6.07) is 8.28. The van der Waals surface area contributed by atoms with Crippen molar-refractivity contribution in [2.75, 3.05) is 0 Å². The van der Waals surface area contributed by atoms with Crippen LogP contribution in [0.25, 0.3) is 0 Å². The first-order valence-corrected chi connectivity index (χ1v) is 36.1. The molecule has 0 spiro atoms. The van der Waals surface area contributed by atoms with Gasteiger partial charge in [-0.15, -0.1) is 0 Å². The number of nitrogens with one attached hydrogen (secondary N) is 2. The Morgan fingerprint density at radius 3 is 1.03 bits per heavy atom. The Hall–Kier alpha value is 0.150. The highest BCUT2D eigenvalue weighted by atomic mass is 32.2. The van der Waals surface area contributed by atoms with Gasteiger partial charge in [-0.05, 0) is 265 Å². The van der Waals surface area contributed by atoms with Crippen molar-refractivity contribution < 1.29 is 0 Å². The first kappa shape index (κ1) is 53.5. The van der Waals surface area contributed by atoms with E-state index in [1.807, 2.05) is 0 Å². The fourth-order valence-electron chi connectivity index (χ4n) is 22.9. The van der Waals surface area contributed by atoms with Crippen LogP contribution in [0.2, 0.25) is 0 Å². The predicted molar refractivity (Wildman–Crippen MR) is 313 cm³/mol. The molecule has 2 aliphatic heterocycles. The van der Waals surface area contributed by atoms with E-state index >= 15 is 0 Å². The minimum Gasteiger partial charge on any atom is -0.294 e. The molecule has 2 saturated heterocycles. The summed E-state index contributed by atoms with van der Waals surface area (Å²) >= 11 is 2.09. The van der Waals surface area contributed by atoms with Gasteiger partial charge in [-0.3, -0.25) is 20.0 Å². The molecule has 11 saturated carbocycles. The summed E-state index contributed by atoms with van der Waals surface area (Å²) in [5, 5.41) is 4.81. The van der Waals surface area contributed by atoms with Crippen molar-refractivity contribution in [2.45, 2.75) is 368 Å². The van der Waals surface area contributed by atoms with E-state index in [9.17, 15) is 0 Å². The van der Waals surface area contributed by atoms with Gasteiger partial charge in [0.2, 0.25) is 0 Å². The van der Waals surface area contributed by atoms with Crippen LogP contribution in [0.3, 0.4) is 0 Å². The SMILES string of the molecule is C1CCC(C2NSC(C3CCC(C4CCC(N5C6CCC(C7CCC(N(C8CCCCC8)C8CCCCC8)CC7)CC6C6CC(C7CCC(N(C8CCCCC8)C8CCCCC8)CC7)CCC65)CC4)CC3)N2)CC1. The molecule has 0 aromatic carbocycles. The van der Waals surface area contributed by atoms with Crippen molar-refractivity contribution in [1.29, 1.82) is 0 Å². The molecule has 0 aromatic heterocycles. The maximum Gasteiger partial charge on any atom is 0.0720 e. The average molecular weight is 1040 g/mol. The maximum atomic E-state index is 4.15. The quantitative estimate of drug-likeness (QED) is 0.190. The third-order valence-electron chi connectivity index (χ3n) is 26.6. The molecule has 11 aliphatic carbocycles. The fourth-order valence-corrected chi connectivity index (χ4v) is 24.1. The summed E-state index contributed by atoms with van der Waals surface area (Å²) in [6.07, 6.45) is 72.3. The monoisotopic (exact) mass is 1040 g/mol. The summed E-state index contributed by atoms with van der Waals surface area (Å²) < 4.78 is 3.91. The molecule has 0 amide bonds. The van der Waals surface area contributed by atoms with E-state index in [0.29, 0.717) is 11.5 Å². The predicted octanol–water partition coefficient (Wildman–Crippen LogP) is 17.4. The Balaban J connectivity index is 0.653. The molecule has 2 heterocycles. The van der Waals surface area contributed by atoms with Gasteiger partial charge in [0.25, 0.3) is 0 Å². The van der Waals surface area contributed by atoms with Crippen molar-refractivity contribution in [3.05, 3.63) is 0 Å². The Morgan fingerprint density at radius 1 is 0.284 bits per heavy atom. The standard InChI is InChI=1S/C68H117N5S/c1-6-16-52(17-7-1)67-69-68(74-70-67)53-28-26-48(27-29-53)49-30-42-62(43-31-49)73-65-44-36-54(50-32-38-60(39-33-50)71(56-18-8-2-9-19-56)57-20-10-3-11-21-57)46-63(65)64-47-55(37-45-66(64)73)51-34-40-61(41-35-51)72(58-22-12-4-13-23-58)59-24-14-5-15-25-59/h48-70H,1-47H2. The Morgan fingerprint density at radius 2 is 0.608 bits per heavy atom. The molecule has 13 aliphatic rings. The van der Waals surface area contributed by atoms with Gasteiger partial charge in [0.1, 0.15) is 0 Å². The smallest absolute Gasteiger partial charge is 0.0720 e. The van der Waals surface area contributed by atoms with Gasteiger partial charge in [-0.2, -0.15) is 0 Å². The van der Waals surface area contributed by atoms with E-state index in [0.717, 1.165) is 114 Å². The molecule has 74 heavy (non-hydrogen) atoms. The second-order valence-corrected chi connectivity index (χ2v) is 31.2. The zero-order valence-electron chi connectivity index (χ0n) is 48.1. The molecule has 5 nitrogen and oxygen atoms in total. The fraction of sp³-hybridized carbons (Fsp3) is 1.00. The van der Waals surface area contributed by atoms with E-state index in [2.05, 4.69) is 36.7 Å². The van der Waals surface area contributed by atoms with E-state index < -0.39 is 0 Å². The highest BCUT2D eigenvalue weighted by Crippen LogP contribution is 2.58. The summed E-state index contributed by atoms with van der Waals surface area (Å²) in [4.78, 5) is 9.96. The van der Waals surface area contributed by atoms with Crippen molar-refractivity contribution >= 4 is 11.9 Å². The van der Waals surface area contributed by atoms with Crippen LogP contribution in [0.4, 0.5) is 0 Å². The molecule has 13 fully saturated rings. The Kier molecular flexibility index (Phi) is 18.4. The van der Waals surface area contributed by atoms with Gasteiger partial charge >= 0.3 is 0 Å². The molecule has 8 atom stereocenters. The highest BCUT2D eigenvalue weighted by Gasteiger charge is 2.56. The van der Waals surface area contributed by atoms with E-state index in [4.69, 9.17) is 0 Å². The second kappa shape index (κ2) is 25.5. The van der Waals surface area contributed by atoms with Crippen LogP contribution in [0.15, 0.2) is 0 Å². The minimum atomic E-state index is 0.578. The van der Waals surface area contributed by atoms with Crippen LogP contribution in [-0.2, 0) is 0 Å². The molecule has 8 unspecified atom stereocenters. The lowest BCUT2D eigenvalue weighted by Crippen LogP contribution is -2.52. The number of hydrogen-bond donors (Lipinski definition) is 2. The molecular weight excluding hydrogens is 919 g/mol. The van der Waals surface area contributed by atoms with Crippen LogP contribution >= 0.6 is 11.9 Å². The first-order chi connectivity index (χ1) is 36.7. The lowest BCUT2D eigenvalue weighted by Gasteiger charge is -2.50. The summed E-state index contributed by atoms with van der Waals surface area (Å²) in [6.45, 7) is 0. The van der Waals surface area contributed by atoms with Gasteiger partial charge in [0.15, 0.2) is 0 Å². The number of fused-ring (bicyclic) bond motifs is 3. The average Bonchev–Trinajstić information content (AvgIpc) is 4.11. The topological polar surface area (TPSA) is 33.8 Å².